The lowest BCUT2D eigenvalue weighted by molar-refractivity contribution is 0.343. The third-order valence-corrected chi connectivity index (χ3v) is 6.79. The van der Waals surface area contributed by atoms with Gasteiger partial charge in [0.15, 0.2) is 5.75 Å². The normalized spacial score (nSPS) is 11.3. The molecule has 4 rings (SSSR count). The monoisotopic (exact) mass is 431 g/mol. The first-order chi connectivity index (χ1) is 15.1. The smallest absolute Gasteiger partial charge is 0.153 e. The number of aryl methyl sites for hydroxylation is 1. The van der Waals surface area contributed by atoms with Crippen molar-refractivity contribution < 1.29 is 9.84 Å². The Morgan fingerprint density at radius 2 is 1.71 bits per heavy atom. The van der Waals surface area contributed by atoms with Gasteiger partial charge in [0.2, 0.25) is 0 Å². The fourth-order valence-electron chi connectivity index (χ4n) is 3.65. The quantitative estimate of drug-likeness (QED) is 0.281. The Labute approximate surface area is 188 Å². The Morgan fingerprint density at radius 1 is 0.935 bits per heavy atom. The molecule has 0 unspecified atom stereocenters. The number of ether oxygens (including phenoxy) is 1. The van der Waals surface area contributed by atoms with E-state index in [1.807, 2.05) is 24.3 Å². The van der Waals surface area contributed by atoms with Gasteiger partial charge >= 0.3 is 0 Å². The largest absolute Gasteiger partial charge is 0.508 e. The van der Waals surface area contributed by atoms with Gasteiger partial charge in [-0.2, -0.15) is 0 Å². The molecule has 0 spiro atoms. The Morgan fingerprint density at radius 3 is 2.45 bits per heavy atom. The number of hydrogen-bond acceptors (Lipinski definition) is 4. The second-order valence-corrected chi connectivity index (χ2v) is 8.96. The van der Waals surface area contributed by atoms with Crippen LogP contribution >= 0.6 is 11.3 Å². The fourth-order valence-corrected chi connectivity index (χ4v) is 4.82. The van der Waals surface area contributed by atoms with Crippen molar-refractivity contribution in [2.24, 2.45) is 0 Å². The van der Waals surface area contributed by atoms with E-state index >= 15 is 0 Å². The van der Waals surface area contributed by atoms with Gasteiger partial charge in [0.25, 0.3) is 0 Å². The van der Waals surface area contributed by atoms with Crippen LogP contribution in [0.1, 0.15) is 25.3 Å². The summed E-state index contributed by atoms with van der Waals surface area (Å²) in [4.78, 5) is 3.43. The number of phenols is 1. The van der Waals surface area contributed by atoms with Gasteiger partial charge in [-0.1, -0.05) is 49.4 Å². The zero-order valence-electron chi connectivity index (χ0n) is 18.2. The minimum absolute atomic E-state index is 0.273. The van der Waals surface area contributed by atoms with Gasteiger partial charge < -0.3 is 14.7 Å². The van der Waals surface area contributed by atoms with E-state index in [4.69, 9.17) is 4.74 Å². The molecule has 160 valence electrons. The molecule has 0 bridgehead atoms. The van der Waals surface area contributed by atoms with Crippen molar-refractivity contribution in [1.82, 2.24) is 4.90 Å². The molecule has 0 saturated heterocycles. The van der Waals surface area contributed by atoms with Gasteiger partial charge in [0, 0.05) is 10.1 Å². The Bertz CT molecular complexity index is 1120. The van der Waals surface area contributed by atoms with Crippen molar-refractivity contribution in [3.63, 3.8) is 0 Å². The molecular formula is C27H29NO2S. The fraction of sp³-hybridized carbons (Fsp3) is 0.259. The average Bonchev–Trinajstić information content (AvgIpc) is 3.15. The van der Waals surface area contributed by atoms with Crippen molar-refractivity contribution in [2.75, 3.05) is 20.1 Å². The van der Waals surface area contributed by atoms with Gasteiger partial charge in [0.1, 0.15) is 11.5 Å². The van der Waals surface area contributed by atoms with Crippen LogP contribution in [0.15, 0.2) is 72.8 Å². The highest BCUT2D eigenvalue weighted by Crippen LogP contribution is 2.47. The maximum atomic E-state index is 9.92. The summed E-state index contributed by atoms with van der Waals surface area (Å²) in [5.74, 6) is 1.95. The molecule has 4 heteroatoms. The molecule has 31 heavy (non-hydrogen) atoms. The van der Waals surface area contributed by atoms with Crippen molar-refractivity contribution in [1.29, 1.82) is 0 Å². The van der Waals surface area contributed by atoms with E-state index in [0.717, 1.165) is 51.5 Å². The highest BCUT2D eigenvalue weighted by atomic mass is 32.1. The number of aromatic hydroxyl groups is 1. The standard InChI is InChI=1S/C27H29NO2S/c1-3-28(2)18-8-7-9-20-12-15-23(16-13-20)30-26-24-17-14-22(29)19-25(24)31-27(26)21-10-5-4-6-11-21/h4-6,10-17,19,29H,3,7-9,18H2,1-2H3. The minimum atomic E-state index is 0.273. The molecule has 3 nitrogen and oxygen atoms in total. The summed E-state index contributed by atoms with van der Waals surface area (Å²) in [6.45, 7) is 4.45. The SMILES string of the molecule is CCN(C)CCCCc1ccc(Oc2c(-c3ccccc3)sc3cc(O)ccc23)cc1. The predicted molar refractivity (Wildman–Crippen MR) is 132 cm³/mol. The summed E-state index contributed by atoms with van der Waals surface area (Å²) >= 11 is 1.64. The molecule has 0 atom stereocenters. The molecule has 0 aliphatic heterocycles. The lowest BCUT2D eigenvalue weighted by Crippen LogP contribution is -2.18. The number of phenolic OH excluding ortho intramolecular Hbond substituents is 1. The number of unbranched alkanes of at least 4 members (excludes halogenated alkanes) is 1. The number of fused-ring (bicyclic) bond motifs is 1. The van der Waals surface area contributed by atoms with E-state index in [1.165, 1.54) is 18.4 Å². The Balaban J connectivity index is 1.53. The van der Waals surface area contributed by atoms with Crippen molar-refractivity contribution >= 4 is 21.4 Å². The van der Waals surface area contributed by atoms with E-state index < -0.39 is 0 Å². The molecular weight excluding hydrogens is 402 g/mol. The second-order valence-electron chi connectivity index (χ2n) is 7.91. The number of thiophene rings is 1. The van der Waals surface area contributed by atoms with Gasteiger partial charge in [-0.15, -0.1) is 11.3 Å². The molecule has 0 saturated carbocycles. The summed E-state index contributed by atoms with van der Waals surface area (Å²) in [6, 6.07) is 24.2. The molecule has 0 amide bonds. The summed E-state index contributed by atoms with van der Waals surface area (Å²) in [5, 5.41) is 10.9. The van der Waals surface area contributed by atoms with E-state index in [0.29, 0.717) is 0 Å². The van der Waals surface area contributed by atoms with Crippen LogP contribution in [-0.2, 0) is 6.42 Å². The molecule has 0 radical (unpaired) electrons. The summed E-state index contributed by atoms with van der Waals surface area (Å²) in [7, 11) is 2.17. The first kappa shape index (κ1) is 21.4. The van der Waals surface area contributed by atoms with Crippen LogP contribution in [-0.4, -0.2) is 30.1 Å². The third kappa shape index (κ3) is 5.27. The summed E-state index contributed by atoms with van der Waals surface area (Å²) in [6.07, 6.45) is 3.51. The molecule has 0 fully saturated rings. The van der Waals surface area contributed by atoms with E-state index in [2.05, 4.69) is 55.3 Å². The first-order valence-corrected chi connectivity index (χ1v) is 11.7. The minimum Gasteiger partial charge on any atom is -0.508 e. The van der Waals surface area contributed by atoms with Crippen molar-refractivity contribution in [3.8, 4) is 27.7 Å². The molecule has 4 aromatic rings. The van der Waals surface area contributed by atoms with Crippen LogP contribution in [0.2, 0.25) is 0 Å². The molecule has 3 aromatic carbocycles. The molecule has 1 heterocycles. The zero-order chi connectivity index (χ0) is 21.6. The van der Waals surface area contributed by atoms with E-state index in [1.54, 1.807) is 23.5 Å². The van der Waals surface area contributed by atoms with Crippen LogP contribution in [0.5, 0.6) is 17.2 Å². The molecule has 1 N–H and O–H groups in total. The van der Waals surface area contributed by atoms with Gasteiger partial charge in [0.05, 0.1) is 4.88 Å². The van der Waals surface area contributed by atoms with Crippen molar-refractivity contribution in [2.45, 2.75) is 26.2 Å². The first-order valence-electron chi connectivity index (χ1n) is 10.9. The van der Waals surface area contributed by atoms with E-state index in [9.17, 15) is 5.11 Å². The highest BCUT2D eigenvalue weighted by Gasteiger charge is 2.16. The van der Waals surface area contributed by atoms with Crippen LogP contribution in [0.25, 0.3) is 20.5 Å². The van der Waals surface area contributed by atoms with Gasteiger partial charge in [-0.25, -0.2) is 0 Å². The Hall–Kier alpha value is -2.82. The van der Waals surface area contributed by atoms with Crippen LogP contribution in [0.3, 0.4) is 0 Å². The number of rotatable bonds is 9. The Kier molecular flexibility index (Phi) is 6.90. The van der Waals surface area contributed by atoms with Crippen LogP contribution in [0, 0.1) is 0 Å². The molecule has 0 aliphatic carbocycles. The average molecular weight is 432 g/mol. The molecule has 1 aromatic heterocycles. The van der Waals surface area contributed by atoms with Crippen LogP contribution < -0.4 is 4.74 Å². The third-order valence-electron chi connectivity index (χ3n) is 5.60. The van der Waals surface area contributed by atoms with Gasteiger partial charge in [-0.05, 0) is 80.9 Å². The highest BCUT2D eigenvalue weighted by molar-refractivity contribution is 7.22. The number of hydrogen-bond donors (Lipinski definition) is 1. The number of nitrogens with zero attached hydrogens (tertiary/aromatic N) is 1. The van der Waals surface area contributed by atoms with Crippen molar-refractivity contribution in [3.05, 3.63) is 78.4 Å². The lowest BCUT2D eigenvalue weighted by atomic mass is 10.1. The zero-order valence-corrected chi connectivity index (χ0v) is 19.0. The second kappa shape index (κ2) is 9.99. The molecule has 0 aliphatic rings. The van der Waals surface area contributed by atoms with Gasteiger partial charge in [-0.3, -0.25) is 0 Å². The number of benzene rings is 3. The van der Waals surface area contributed by atoms with Crippen LogP contribution in [0.4, 0.5) is 0 Å². The maximum Gasteiger partial charge on any atom is 0.153 e. The maximum absolute atomic E-state index is 9.92. The summed E-state index contributed by atoms with van der Waals surface area (Å²) in [5.41, 5.74) is 2.46. The topological polar surface area (TPSA) is 32.7 Å². The summed E-state index contributed by atoms with van der Waals surface area (Å²) < 4.78 is 7.42. The predicted octanol–water partition coefficient (Wildman–Crippen LogP) is 7.34. The lowest BCUT2D eigenvalue weighted by Gasteiger charge is -2.13. The van der Waals surface area contributed by atoms with E-state index in [-0.39, 0.29) is 5.75 Å².